The lowest BCUT2D eigenvalue weighted by atomic mass is 10.0. The SMILES string of the molecule is CCOC(=O)c1cccc(SC)c1CC(C)=O. The quantitative estimate of drug-likeness (QED) is 0.597. The van der Waals surface area contributed by atoms with Crippen LogP contribution in [0.4, 0.5) is 0 Å². The Morgan fingerprint density at radius 2 is 2.06 bits per heavy atom. The number of ketones is 1. The minimum absolute atomic E-state index is 0.0389. The standard InChI is InChI=1S/C13H16O3S/c1-4-16-13(15)10-6-5-7-12(17-3)11(10)8-9(2)14/h5-7H,4,8H2,1-3H3. The number of thioether (sulfide) groups is 1. The summed E-state index contributed by atoms with van der Waals surface area (Å²) in [5.41, 5.74) is 1.26. The molecule has 0 unspecified atom stereocenters. The lowest BCUT2D eigenvalue weighted by Gasteiger charge is -2.11. The summed E-state index contributed by atoms with van der Waals surface area (Å²) in [6.07, 6.45) is 2.19. The summed E-state index contributed by atoms with van der Waals surface area (Å²) in [7, 11) is 0. The van der Waals surface area contributed by atoms with Gasteiger partial charge < -0.3 is 4.74 Å². The highest BCUT2D eigenvalue weighted by atomic mass is 32.2. The Kier molecular flexibility index (Phi) is 5.22. The van der Waals surface area contributed by atoms with Crippen LogP contribution in [-0.2, 0) is 16.0 Å². The molecule has 0 saturated heterocycles. The lowest BCUT2D eigenvalue weighted by Crippen LogP contribution is -2.11. The molecule has 0 radical (unpaired) electrons. The summed E-state index contributed by atoms with van der Waals surface area (Å²) < 4.78 is 4.99. The maximum absolute atomic E-state index is 11.8. The molecule has 0 spiro atoms. The normalized spacial score (nSPS) is 10.1. The number of carbonyl (C=O) groups excluding carboxylic acids is 2. The average Bonchev–Trinajstić information content (AvgIpc) is 2.28. The number of hydrogen-bond donors (Lipinski definition) is 0. The van der Waals surface area contributed by atoms with Crippen molar-refractivity contribution < 1.29 is 14.3 Å². The van der Waals surface area contributed by atoms with E-state index in [1.165, 1.54) is 18.7 Å². The summed E-state index contributed by atoms with van der Waals surface area (Å²) in [5.74, 6) is -0.323. The summed E-state index contributed by atoms with van der Waals surface area (Å²) in [6.45, 7) is 3.62. The summed E-state index contributed by atoms with van der Waals surface area (Å²) in [5, 5.41) is 0. The van der Waals surface area contributed by atoms with Gasteiger partial charge in [-0.25, -0.2) is 4.79 Å². The Labute approximate surface area is 106 Å². The fourth-order valence-electron chi connectivity index (χ4n) is 1.59. The Hall–Kier alpha value is -1.29. The molecule has 0 aliphatic carbocycles. The maximum Gasteiger partial charge on any atom is 0.338 e. The second kappa shape index (κ2) is 6.45. The Balaban J connectivity index is 3.18. The second-order valence-electron chi connectivity index (χ2n) is 3.59. The highest BCUT2D eigenvalue weighted by molar-refractivity contribution is 7.98. The molecule has 0 aliphatic rings. The number of esters is 1. The first-order valence-corrected chi connectivity index (χ1v) is 6.65. The van der Waals surface area contributed by atoms with Gasteiger partial charge in [-0.1, -0.05) is 6.07 Å². The predicted molar refractivity (Wildman–Crippen MR) is 68.6 cm³/mol. The van der Waals surface area contributed by atoms with Gasteiger partial charge in [-0.2, -0.15) is 0 Å². The van der Waals surface area contributed by atoms with Crippen molar-refractivity contribution in [2.75, 3.05) is 12.9 Å². The molecule has 17 heavy (non-hydrogen) atoms. The Bertz CT molecular complexity index is 427. The van der Waals surface area contributed by atoms with E-state index in [0.29, 0.717) is 12.2 Å². The van der Waals surface area contributed by atoms with Crippen LogP contribution in [0.1, 0.15) is 29.8 Å². The third-order valence-electron chi connectivity index (χ3n) is 2.27. The van der Waals surface area contributed by atoms with E-state index >= 15 is 0 Å². The first-order valence-electron chi connectivity index (χ1n) is 5.42. The van der Waals surface area contributed by atoms with Gasteiger partial charge in [0.25, 0.3) is 0 Å². The van der Waals surface area contributed by atoms with Crippen molar-refractivity contribution in [1.82, 2.24) is 0 Å². The molecular formula is C13H16O3S. The zero-order chi connectivity index (χ0) is 12.8. The summed E-state index contributed by atoms with van der Waals surface area (Å²) >= 11 is 1.53. The molecule has 0 heterocycles. The van der Waals surface area contributed by atoms with Crippen molar-refractivity contribution in [3.05, 3.63) is 29.3 Å². The fourth-order valence-corrected chi connectivity index (χ4v) is 2.23. The van der Waals surface area contributed by atoms with Crippen molar-refractivity contribution >= 4 is 23.5 Å². The van der Waals surface area contributed by atoms with Crippen LogP contribution < -0.4 is 0 Å². The van der Waals surface area contributed by atoms with Crippen molar-refractivity contribution in [2.24, 2.45) is 0 Å². The van der Waals surface area contributed by atoms with Crippen LogP contribution in [0.25, 0.3) is 0 Å². The zero-order valence-corrected chi connectivity index (χ0v) is 11.1. The molecule has 92 valence electrons. The lowest BCUT2D eigenvalue weighted by molar-refractivity contribution is -0.116. The van der Waals surface area contributed by atoms with Crippen LogP contribution in [-0.4, -0.2) is 24.6 Å². The molecule has 0 aliphatic heterocycles. The minimum Gasteiger partial charge on any atom is -0.462 e. The number of carbonyl (C=O) groups is 2. The molecule has 1 rings (SSSR count). The maximum atomic E-state index is 11.8. The Morgan fingerprint density at radius 1 is 1.35 bits per heavy atom. The molecule has 4 heteroatoms. The van der Waals surface area contributed by atoms with Gasteiger partial charge in [0.05, 0.1) is 12.2 Å². The van der Waals surface area contributed by atoms with Gasteiger partial charge in [-0.05, 0) is 37.8 Å². The van der Waals surface area contributed by atoms with Crippen LogP contribution in [0.15, 0.2) is 23.1 Å². The third-order valence-corrected chi connectivity index (χ3v) is 3.10. The molecule has 0 amide bonds. The smallest absolute Gasteiger partial charge is 0.338 e. The van der Waals surface area contributed by atoms with Crippen molar-refractivity contribution in [1.29, 1.82) is 0 Å². The van der Waals surface area contributed by atoms with Gasteiger partial charge >= 0.3 is 5.97 Å². The third kappa shape index (κ3) is 3.60. The molecular weight excluding hydrogens is 236 g/mol. The van der Waals surface area contributed by atoms with E-state index in [4.69, 9.17) is 4.74 Å². The van der Waals surface area contributed by atoms with Gasteiger partial charge in [-0.15, -0.1) is 11.8 Å². The van der Waals surface area contributed by atoms with E-state index in [9.17, 15) is 9.59 Å². The number of hydrogen-bond acceptors (Lipinski definition) is 4. The molecule has 0 saturated carbocycles. The summed E-state index contributed by atoms with van der Waals surface area (Å²) in [6, 6.07) is 5.42. The molecule has 0 bridgehead atoms. The van der Waals surface area contributed by atoms with E-state index in [0.717, 1.165) is 10.5 Å². The van der Waals surface area contributed by atoms with Crippen LogP contribution in [0.3, 0.4) is 0 Å². The molecule has 0 aromatic heterocycles. The number of Topliss-reactive ketones (excluding diaryl/α,β-unsaturated/α-hetero) is 1. The van der Waals surface area contributed by atoms with Crippen molar-refractivity contribution in [3.63, 3.8) is 0 Å². The van der Waals surface area contributed by atoms with Gasteiger partial charge in [-0.3, -0.25) is 4.79 Å². The molecule has 0 N–H and O–H groups in total. The highest BCUT2D eigenvalue weighted by Gasteiger charge is 2.16. The van der Waals surface area contributed by atoms with Crippen molar-refractivity contribution in [3.8, 4) is 0 Å². The summed E-state index contributed by atoms with van der Waals surface area (Å²) in [4.78, 5) is 24.0. The number of benzene rings is 1. The minimum atomic E-state index is -0.361. The second-order valence-corrected chi connectivity index (χ2v) is 4.43. The van der Waals surface area contributed by atoms with E-state index in [1.54, 1.807) is 13.0 Å². The van der Waals surface area contributed by atoms with Crippen molar-refractivity contribution in [2.45, 2.75) is 25.2 Å². The monoisotopic (exact) mass is 252 g/mol. The molecule has 3 nitrogen and oxygen atoms in total. The number of ether oxygens (including phenoxy) is 1. The molecule has 0 fully saturated rings. The zero-order valence-electron chi connectivity index (χ0n) is 10.3. The highest BCUT2D eigenvalue weighted by Crippen LogP contribution is 2.25. The Morgan fingerprint density at radius 3 is 2.59 bits per heavy atom. The average molecular weight is 252 g/mol. The molecule has 0 atom stereocenters. The molecule has 1 aromatic rings. The van der Waals surface area contributed by atoms with Gasteiger partial charge in [0.1, 0.15) is 5.78 Å². The predicted octanol–water partition coefficient (Wildman–Crippen LogP) is 2.72. The fraction of sp³-hybridized carbons (Fsp3) is 0.385. The first kappa shape index (κ1) is 13.8. The topological polar surface area (TPSA) is 43.4 Å². The first-order chi connectivity index (χ1) is 8.10. The van der Waals surface area contributed by atoms with Crippen LogP contribution in [0.5, 0.6) is 0 Å². The van der Waals surface area contributed by atoms with Gasteiger partial charge in [0.2, 0.25) is 0 Å². The van der Waals surface area contributed by atoms with Crippen LogP contribution >= 0.6 is 11.8 Å². The van der Waals surface area contributed by atoms with Gasteiger partial charge in [0, 0.05) is 11.3 Å². The van der Waals surface area contributed by atoms with Gasteiger partial charge in [0.15, 0.2) is 0 Å². The largest absolute Gasteiger partial charge is 0.462 e. The number of rotatable bonds is 5. The van der Waals surface area contributed by atoms with Crippen LogP contribution in [0.2, 0.25) is 0 Å². The molecule has 1 aromatic carbocycles. The van der Waals surface area contributed by atoms with E-state index in [1.807, 2.05) is 18.4 Å². The van der Waals surface area contributed by atoms with E-state index < -0.39 is 0 Å². The van der Waals surface area contributed by atoms with E-state index in [2.05, 4.69) is 0 Å². The van der Waals surface area contributed by atoms with Crippen LogP contribution in [0, 0.1) is 0 Å². The van der Waals surface area contributed by atoms with E-state index in [-0.39, 0.29) is 18.2 Å².